The summed E-state index contributed by atoms with van der Waals surface area (Å²) >= 11 is 1.30. The molecule has 0 atom stereocenters. The van der Waals surface area contributed by atoms with Gasteiger partial charge in [-0.3, -0.25) is 4.79 Å². The van der Waals surface area contributed by atoms with E-state index in [-0.39, 0.29) is 5.91 Å². The number of aromatic nitrogens is 2. The van der Waals surface area contributed by atoms with Crippen molar-refractivity contribution in [1.29, 1.82) is 0 Å². The van der Waals surface area contributed by atoms with Crippen LogP contribution in [0.15, 0.2) is 30.3 Å². The Morgan fingerprint density at radius 3 is 2.61 bits per heavy atom. The van der Waals surface area contributed by atoms with Gasteiger partial charge in [-0.1, -0.05) is 41.7 Å². The molecule has 1 aromatic carbocycles. The number of amides is 1. The zero-order chi connectivity index (χ0) is 16.3. The Morgan fingerprint density at radius 1 is 1.30 bits per heavy atom. The second-order valence-corrected chi connectivity index (χ2v) is 7.06. The molecule has 7 heteroatoms. The van der Waals surface area contributed by atoms with Gasteiger partial charge < -0.3 is 16.0 Å². The van der Waals surface area contributed by atoms with E-state index in [1.165, 1.54) is 11.3 Å². The van der Waals surface area contributed by atoms with E-state index in [4.69, 9.17) is 5.73 Å². The molecule has 0 aliphatic carbocycles. The summed E-state index contributed by atoms with van der Waals surface area (Å²) in [5, 5.41) is 11.9. The van der Waals surface area contributed by atoms with E-state index in [1.807, 2.05) is 30.3 Å². The number of nitrogens with one attached hydrogen (secondary N) is 1. The molecule has 1 fully saturated rings. The fourth-order valence-electron chi connectivity index (χ4n) is 3.07. The van der Waals surface area contributed by atoms with Crippen molar-refractivity contribution in [2.24, 2.45) is 0 Å². The average Bonchev–Trinajstić information content (AvgIpc) is 3.00. The molecule has 2 heterocycles. The third-order valence-corrected chi connectivity index (χ3v) is 5.24. The highest BCUT2D eigenvalue weighted by atomic mass is 32.1. The lowest BCUT2D eigenvalue weighted by Gasteiger charge is -2.39. The van der Waals surface area contributed by atoms with Crippen molar-refractivity contribution >= 4 is 22.4 Å². The summed E-state index contributed by atoms with van der Waals surface area (Å²) in [6.45, 7) is 2.19. The molecule has 0 spiro atoms. The van der Waals surface area contributed by atoms with Gasteiger partial charge in [-0.15, -0.1) is 10.2 Å². The molecule has 0 saturated carbocycles. The van der Waals surface area contributed by atoms with E-state index >= 15 is 0 Å². The monoisotopic (exact) mass is 331 g/mol. The van der Waals surface area contributed by atoms with Gasteiger partial charge in [-0.2, -0.15) is 0 Å². The Bertz CT molecular complexity index is 664. The molecule has 1 aliphatic rings. The van der Waals surface area contributed by atoms with Gasteiger partial charge in [0.1, 0.15) is 5.01 Å². The maximum atomic E-state index is 13.0. The first kappa shape index (κ1) is 15.9. The number of hydrogen-bond donors (Lipinski definition) is 2. The molecule has 0 unspecified atom stereocenters. The smallest absolute Gasteiger partial charge is 0.231 e. The van der Waals surface area contributed by atoms with E-state index in [0.717, 1.165) is 36.5 Å². The Balaban J connectivity index is 1.79. The van der Waals surface area contributed by atoms with Crippen LogP contribution in [-0.2, 0) is 16.8 Å². The minimum absolute atomic E-state index is 0.0607. The molecule has 23 heavy (non-hydrogen) atoms. The molecule has 3 rings (SSSR count). The fourth-order valence-corrected chi connectivity index (χ4v) is 3.62. The molecular weight excluding hydrogens is 310 g/mol. The molecule has 1 amide bonds. The van der Waals surface area contributed by atoms with Crippen LogP contribution < -0.4 is 11.1 Å². The van der Waals surface area contributed by atoms with Crippen LogP contribution in [0.2, 0.25) is 0 Å². The predicted molar refractivity (Wildman–Crippen MR) is 91.0 cm³/mol. The summed E-state index contributed by atoms with van der Waals surface area (Å²) in [5.74, 6) is 0.0607. The number of benzene rings is 1. The Hall–Kier alpha value is -1.99. The van der Waals surface area contributed by atoms with Gasteiger partial charge in [0.2, 0.25) is 11.0 Å². The van der Waals surface area contributed by atoms with Crippen LogP contribution in [0.5, 0.6) is 0 Å². The number of piperidine rings is 1. The zero-order valence-electron chi connectivity index (χ0n) is 13.2. The Morgan fingerprint density at radius 2 is 2.00 bits per heavy atom. The van der Waals surface area contributed by atoms with Crippen molar-refractivity contribution in [2.75, 3.05) is 25.9 Å². The first-order chi connectivity index (χ1) is 11.1. The minimum Gasteiger partial charge on any atom is -0.374 e. The van der Waals surface area contributed by atoms with Crippen LogP contribution in [0.4, 0.5) is 5.13 Å². The molecule has 1 aliphatic heterocycles. The second-order valence-electron chi connectivity index (χ2n) is 5.97. The predicted octanol–water partition coefficient (Wildman–Crippen LogP) is 1.40. The molecule has 3 N–H and O–H groups in total. The number of anilines is 1. The first-order valence-corrected chi connectivity index (χ1v) is 8.52. The third kappa shape index (κ3) is 3.35. The first-order valence-electron chi connectivity index (χ1n) is 7.70. The third-order valence-electron chi connectivity index (χ3n) is 4.48. The Labute approximate surface area is 139 Å². The molecule has 122 valence electrons. The lowest BCUT2D eigenvalue weighted by molar-refractivity contribution is -0.128. The van der Waals surface area contributed by atoms with Crippen molar-refractivity contribution in [3.63, 3.8) is 0 Å². The number of carbonyl (C=O) groups excluding carboxylic acids is 1. The van der Waals surface area contributed by atoms with Crippen LogP contribution in [0.3, 0.4) is 0 Å². The van der Waals surface area contributed by atoms with E-state index in [2.05, 4.69) is 27.5 Å². The number of likely N-dealkylation sites (tertiary alicyclic amines) is 1. The van der Waals surface area contributed by atoms with Crippen LogP contribution in [0, 0.1) is 0 Å². The summed E-state index contributed by atoms with van der Waals surface area (Å²) < 4.78 is 0. The molecule has 1 aromatic heterocycles. The van der Waals surface area contributed by atoms with Crippen molar-refractivity contribution < 1.29 is 4.79 Å². The topological polar surface area (TPSA) is 84.1 Å². The van der Waals surface area contributed by atoms with Gasteiger partial charge >= 0.3 is 0 Å². The minimum atomic E-state index is -0.468. The maximum absolute atomic E-state index is 13.0. The van der Waals surface area contributed by atoms with E-state index in [0.29, 0.717) is 11.7 Å². The van der Waals surface area contributed by atoms with Gasteiger partial charge in [0, 0.05) is 0 Å². The molecular formula is C16H21N5OS. The van der Waals surface area contributed by atoms with Crippen molar-refractivity contribution in [3.05, 3.63) is 40.9 Å². The fraction of sp³-hybridized carbons (Fsp3) is 0.438. The standard InChI is InChI=1S/C16H21N5OS/c1-21-9-7-16(8-10-21,12-5-3-2-4-6-12)14(22)18-11-13-19-20-15(17)23-13/h2-6H,7-11H2,1H3,(H2,17,20)(H,18,22). The molecule has 0 radical (unpaired) electrons. The van der Waals surface area contributed by atoms with Gasteiger partial charge in [0.25, 0.3) is 0 Å². The van der Waals surface area contributed by atoms with Crippen molar-refractivity contribution in [2.45, 2.75) is 24.8 Å². The lowest BCUT2D eigenvalue weighted by Crippen LogP contribution is -2.50. The highest BCUT2D eigenvalue weighted by molar-refractivity contribution is 7.15. The second kappa shape index (κ2) is 6.64. The van der Waals surface area contributed by atoms with Crippen molar-refractivity contribution in [1.82, 2.24) is 20.4 Å². The number of nitrogens with two attached hydrogens (primary N) is 1. The average molecular weight is 331 g/mol. The van der Waals surface area contributed by atoms with Gasteiger partial charge in [0.15, 0.2) is 0 Å². The summed E-state index contributed by atoms with van der Waals surface area (Å²) in [6, 6.07) is 10.1. The van der Waals surface area contributed by atoms with Gasteiger partial charge in [0.05, 0.1) is 12.0 Å². The quantitative estimate of drug-likeness (QED) is 0.885. The normalized spacial score (nSPS) is 17.8. The largest absolute Gasteiger partial charge is 0.374 e. The maximum Gasteiger partial charge on any atom is 0.231 e. The molecule has 1 saturated heterocycles. The van der Waals surface area contributed by atoms with E-state index in [9.17, 15) is 4.79 Å². The summed E-state index contributed by atoms with van der Waals surface area (Å²) in [4.78, 5) is 15.3. The van der Waals surface area contributed by atoms with Gasteiger partial charge in [-0.25, -0.2) is 0 Å². The van der Waals surface area contributed by atoms with Crippen molar-refractivity contribution in [3.8, 4) is 0 Å². The SMILES string of the molecule is CN1CCC(C(=O)NCc2nnc(N)s2)(c2ccccc2)CC1. The number of rotatable bonds is 4. The van der Waals surface area contributed by atoms with Crippen LogP contribution in [0.25, 0.3) is 0 Å². The van der Waals surface area contributed by atoms with E-state index in [1.54, 1.807) is 0 Å². The van der Waals surface area contributed by atoms with Gasteiger partial charge in [-0.05, 0) is 38.5 Å². The number of carbonyl (C=O) groups is 1. The number of nitrogens with zero attached hydrogens (tertiary/aromatic N) is 3. The van der Waals surface area contributed by atoms with Crippen LogP contribution in [-0.4, -0.2) is 41.1 Å². The molecule has 6 nitrogen and oxygen atoms in total. The summed E-state index contributed by atoms with van der Waals surface area (Å²) in [5.41, 5.74) is 6.20. The molecule has 0 bridgehead atoms. The van der Waals surface area contributed by atoms with E-state index < -0.39 is 5.41 Å². The highest BCUT2D eigenvalue weighted by Gasteiger charge is 2.42. The Kier molecular flexibility index (Phi) is 4.58. The summed E-state index contributed by atoms with van der Waals surface area (Å²) in [6.07, 6.45) is 1.63. The molecule has 2 aromatic rings. The van der Waals surface area contributed by atoms with Crippen LogP contribution >= 0.6 is 11.3 Å². The highest BCUT2D eigenvalue weighted by Crippen LogP contribution is 2.35. The number of hydrogen-bond acceptors (Lipinski definition) is 6. The summed E-state index contributed by atoms with van der Waals surface area (Å²) in [7, 11) is 2.09. The lowest BCUT2D eigenvalue weighted by atomic mass is 9.72. The zero-order valence-corrected chi connectivity index (χ0v) is 14.0. The van der Waals surface area contributed by atoms with Crippen LogP contribution in [0.1, 0.15) is 23.4 Å². The number of nitrogen functional groups attached to an aromatic ring is 1.